The Morgan fingerprint density at radius 3 is 2.77 bits per heavy atom. The number of carbonyl (C=O) groups excluding carboxylic acids is 1. The average Bonchev–Trinajstić information content (AvgIpc) is 3.07. The van der Waals surface area contributed by atoms with E-state index < -0.39 is 11.5 Å². The number of aromatic nitrogens is 4. The predicted molar refractivity (Wildman–Crippen MR) is 99.0 cm³/mol. The van der Waals surface area contributed by atoms with Crippen LogP contribution >= 0.6 is 0 Å². The fraction of sp³-hybridized carbons (Fsp3) is 0.0526. The maximum atomic E-state index is 12.6. The van der Waals surface area contributed by atoms with Crippen LogP contribution < -0.4 is 10.9 Å². The Balaban J connectivity index is 1.66. The van der Waals surface area contributed by atoms with Gasteiger partial charge in [0, 0.05) is 23.8 Å². The number of nitrogens with one attached hydrogen (secondary N) is 2. The lowest BCUT2D eigenvalue weighted by Gasteiger charge is -2.08. The lowest BCUT2D eigenvalue weighted by Crippen LogP contribution is -2.23. The maximum Gasteiger partial charge on any atom is 0.261 e. The van der Waals surface area contributed by atoms with Gasteiger partial charge in [0.15, 0.2) is 5.82 Å². The van der Waals surface area contributed by atoms with Gasteiger partial charge in [-0.25, -0.2) is 0 Å². The van der Waals surface area contributed by atoms with E-state index >= 15 is 0 Å². The van der Waals surface area contributed by atoms with Crippen LogP contribution in [0.5, 0.6) is 0 Å². The van der Waals surface area contributed by atoms with Gasteiger partial charge in [0.25, 0.3) is 11.5 Å². The summed E-state index contributed by atoms with van der Waals surface area (Å²) in [6.07, 6.45) is 1.61. The van der Waals surface area contributed by atoms with Crippen LogP contribution in [0.4, 0.5) is 5.69 Å². The molecule has 0 bridgehead atoms. The van der Waals surface area contributed by atoms with Crippen LogP contribution in [-0.4, -0.2) is 25.7 Å². The molecule has 0 aliphatic heterocycles. The second kappa shape index (κ2) is 6.29. The number of nitrogens with zero attached hydrogens (tertiary/aromatic N) is 3. The Hall–Kier alpha value is -3.74. The molecule has 2 N–H and O–H groups in total. The largest absolute Gasteiger partial charge is 0.322 e. The molecule has 0 aliphatic rings. The fourth-order valence-corrected chi connectivity index (χ4v) is 2.80. The molecule has 0 spiro atoms. The van der Waals surface area contributed by atoms with Crippen molar-refractivity contribution >= 4 is 22.5 Å². The van der Waals surface area contributed by atoms with Crippen molar-refractivity contribution in [2.75, 3.05) is 5.32 Å². The molecule has 4 rings (SSSR count). The highest BCUT2D eigenvalue weighted by atomic mass is 16.2. The number of fused-ring (bicyclic) bond motifs is 1. The van der Waals surface area contributed by atoms with Gasteiger partial charge in [0.2, 0.25) is 0 Å². The number of hydrogen-bond acceptors (Lipinski definition) is 4. The number of anilines is 1. The molecule has 128 valence electrons. The summed E-state index contributed by atoms with van der Waals surface area (Å²) < 4.78 is 1.79. The number of amides is 1. The van der Waals surface area contributed by atoms with Crippen LogP contribution in [0.3, 0.4) is 0 Å². The molecule has 4 aromatic rings. The standard InChI is InChI=1S/C19H15N5O2/c1-24-11-20-23-17(24)13-6-4-7-14(9-13)21-18(25)15-10-12-5-2-3-8-16(12)22-19(15)26/h2-11H,1H3,(H,21,25)(H,22,26). The van der Waals surface area contributed by atoms with Crippen LogP contribution in [0.25, 0.3) is 22.3 Å². The minimum Gasteiger partial charge on any atom is -0.322 e. The minimum absolute atomic E-state index is 0.0627. The van der Waals surface area contributed by atoms with E-state index in [1.165, 1.54) is 0 Å². The van der Waals surface area contributed by atoms with Crippen molar-refractivity contribution in [2.24, 2.45) is 7.05 Å². The summed E-state index contributed by atoms with van der Waals surface area (Å²) >= 11 is 0. The molecule has 0 aliphatic carbocycles. The minimum atomic E-state index is -0.466. The van der Waals surface area contributed by atoms with Crippen LogP contribution in [0.1, 0.15) is 10.4 Å². The Bertz CT molecular complexity index is 1180. The summed E-state index contributed by atoms with van der Waals surface area (Å²) in [6.45, 7) is 0. The highest BCUT2D eigenvalue weighted by Gasteiger charge is 2.13. The van der Waals surface area contributed by atoms with Crippen molar-refractivity contribution < 1.29 is 4.79 Å². The Morgan fingerprint density at radius 2 is 1.96 bits per heavy atom. The molecule has 26 heavy (non-hydrogen) atoms. The summed E-state index contributed by atoms with van der Waals surface area (Å²) in [4.78, 5) is 27.5. The topological polar surface area (TPSA) is 92.7 Å². The lowest BCUT2D eigenvalue weighted by molar-refractivity contribution is 0.102. The zero-order valence-electron chi connectivity index (χ0n) is 13.9. The number of rotatable bonds is 3. The van der Waals surface area contributed by atoms with Crippen molar-refractivity contribution in [2.45, 2.75) is 0 Å². The van der Waals surface area contributed by atoms with E-state index in [1.807, 2.05) is 37.4 Å². The van der Waals surface area contributed by atoms with Crippen LogP contribution in [-0.2, 0) is 7.05 Å². The zero-order valence-corrected chi connectivity index (χ0v) is 13.9. The first kappa shape index (κ1) is 15.8. The molecule has 1 amide bonds. The van der Waals surface area contributed by atoms with Gasteiger partial charge in [-0.2, -0.15) is 0 Å². The normalized spacial score (nSPS) is 10.8. The average molecular weight is 345 g/mol. The van der Waals surface area contributed by atoms with E-state index in [0.717, 1.165) is 10.9 Å². The van der Waals surface area contributed by atoms with Gasteiger partial charge in [0.05, 0.1) is 0 Å². The summed E-state index contributed by atoms with van der Waals surface area (Å²) in [5.74, 6) is 0.219. The maximum absolute atomic E-state index is 12.6. The second-order valence-corrected chi connectivity index (χ2v) is 5.90. The van der Waals surface area contributed by atoms with E-state index in [0.29, 0.717) is 17.0 Å². The van der Waals surface area contributed by atoms with E-state index in [4.69, 9.17) is 0 Å². The van der Waals surface area contributed by atoms with Gasteiger partial charge >= 0.3 is 0 Å². The molecular formula is C19H15N5O2. The number of H-pyrrole nitrogens is 1. The van der Waals surface area contributed by atoms with Gasteiger partial charge in [0.1, 0.15) is 11.9 Å². The quantitative estimate of drug-likeness (QED) is 0.597. The number of aromatic amines is 1. The SMILES string of the molecule is Cn1cnnc1-c1cccc(NC(=O)c2cc3ccccc3[nH]c2=O)c1. The molecule has 0 saturated carbocycles. The number of para-hydroxylation sites is 1. The summed E-state index contributed by atoms with van der Waals surface area (Å²) in [5, 5.41) is 11.5. The van der Waals surface area contributed by atoms with E-state index in [-0.39, 0.29) is 5.56 Å². The van der Waals surface area contributed by atoms with Crippen molar-refractivity contribution in [3.8, 4) is 11.4 Å². The summed E-state index contributed by atoms with van der Waals surface area (Å²) in [7, 11) is 1.84. The number of benzene rings is 2. The first-order chi connectivity index (χ1) is 12.6. The van der Waals surface area contributed by atoms with Crippen LogP contribution in [0, 0.1) is 0 Å². The van der Waals surface area contributed by atoms with Gasteiger partial charge in [-0.05, 0) is 29.7 Å². The smallest absolute Gasteiger partial charge is 0.261 e. The van der Waals surface area contributed by atoms with Gasteiger partial charge in [-0.3, -0.25) is 9.59 Å². The zero-order chi connectivity index (χ0) is 18.1. The number of pyridine rings is 1. The monoisotopic (exact) mass is 345 g/mol. The molecule has 2 heterocycles. The molecule has 7 nitrogen and oxygen atoms in total. The molecule has 0 radical (unpaired) electrons. The van der Waals surface area contributed by atoms with Crippen molar-refractivity contribution in [3.63, 3.8) is 0 Å². The predicted octanol–water partition coefficient (Wildman–Crippen LogP) is 2.58. The van der Waals surface area contributed by atoms with E-state index in [2.05, 4.69) is 20.5 Å². The number of carbonyl (C=O) groups is 1. The van der Waals surface area contributed by atoms with Crippen LogP contribution in [0.15, 0.2) is 65.7 Å². The van der Waals surface area contributed by atoms with Gasteiger partial charge < -0.3 is 14.9 Å². The first-order valence-electron chi connectivity index (χ1n) is 8.00. The molecule has 7 heteroatoms. The highest BCUT2D eigenvalue weighted by molar-refractivity contribution is 6.05. The lowest BCUT2D eigenvalue weighted by atomic mass is 10.1. The van der Waals surface area contributed by atoms with Gasteiger partial charge in [-0.15, -0.1) is 10.2 Å². The Morgan fingerprint density at radius 1 is 1.12 bits per heavy atom. The highest BCUT2D eigenvalue weighted by Crippen LogP contribution is 2.20. The Labute approximate surface area is 148 Å². The molecule has 0 unspecified atom stereocenters. The molecular weight excluding hydrogens is 330 g/mol. The molecule has 2 aromatic heterocycles. The van der Waals surface area contributed by atoms with Gasteiger partial charge in [-0.1, -0.05) is 30.3 Å². The number of aryl methyl sites for hydroxylation is 1. The molecule has 0 saturated heterocycles. The fourth-order valence-electron chi connectivity index (χ4n) is 2.80. The third-order valence-corrected chi connectivity index (χ3v) is 4.09. The molecule has 0 atom stereocenters. The third-order valence-electron chi connectivity index (χ3n) is 4.09. The van der Waals surface area contributed by atoms with E-state index in [1.54, 1.807) is 35.2 Å². The number of hydrogen-bond donors (Lipinski definition) is 2. The Kier molecular flexibility index (Phi) is 3.81. The van der Waals surface area contributed by atoms with Crippen molar-refractivity contribution in [1.82, 2.24) is 19.7 Å². The third kappa shape index (κ3) is 2.86. The van der Waals surface area contributed by atoms with E-state index in [9.17, 15) is 9.59 Å². The summed E-state index contributed by atoms with van der Waals surface area (Å²) in [5.41, 5.74) is 1.72. The summed E-state index contributed by atoms with van der Waals surface area (Å²) in [6, 6.07) is 16.1. The second-order valence-electron chi connectivity index (χ2n) is 5.90. The van der Waals surface area contributed by atoms with Crippen molar-refractivity contribution in [3.05, 3.63) is 76.8 Å². The first-order valence-corrected chi connectivity index (χ1v) is 8.00. The molecule has 0 fully saturated rings. The van der Waals surface area contributed by atoms with Crippen LogP contribution in [0.2, 0.25) is 0 Å². The molecule has 2 aromatic carbocycles. The van der Waals surface area contributed by atoms with Crippen molar-refractivity contribution in [1.29, 1.82) is 0 Å².